The molecule has 7 nitrogen and oxygen atoms in total. The minimum absolute atomic E-state index is 0.0761. The van der Waals surface area contributed by atoms with Crippen LogP contribution < -0.4 is 10.1 Å². The molecule has 0 radical (unpaired) electrons. The molecule has 8 heteroatoms. The molecule has 0 fully saturated rings. The third kappa shape index (κ3) is 4.45. The summed E-state index contributed by atoms with van der Waals surface area (Å²) in [6.45, 7) is 3.74. The van der Waals surface area contributed by atoms with Gasteiger partial charge in [0.25, 0.3) is 5.91 Å². The Kier molecular flexibility index (Phi) is 5.62. The molecule has 2 aromatic carbocycles. The fourth-order valence-corrected chi connectivity index (χ4v) is 2.63. The molecule has 0 aliphatic rings. The Morgan fingerprint density at radius 2 is 1.88 bits per heavy atom. The van der Waals surface area contributed by atoms with Crippen LogP contribution in [0, 0.1) is 6.92 Å². The summed E-state index contributed by atoms with van der Waals surface area (Å²) >= 11 is 3.40. The van der Waals surface area contributed by atoms with E-state index in [1.807, 2.05) is 62.4 Å². The van der Waals surface area contributed by atoms with E-state index in [0.29, 0.717) is 11.6 Å². The van der Waals surface area contributed by atoms with Crippen molar-refractivity contribution in [1.82, 2.24) is 25.5 Å². The molecular weight excluding hydrogens is 398 g/mol. The number of hydrogen-bond donors (Lipinski definition) is 1. The first-order valence-corrected chi connectivity index (χ1v) is 8.85. The Morgan fingerprint density at radius 3 is 2.58 bits per heavy atom. The first kappa shape index (κ1) is 18.1. The van der Waals surface area contributed by atoms with Gasteiger partial charge in [-0.1, -0.05) is 33.6 Å². The minimum atomic E-state index is -0.372. The molecule has 0 aliphatic carbocycles. The van der Waals surface area contributed by atoms with Gasteiger partial charge in [-0.2, -0.15) is 4.68 Å². The monoisotopic (exact) mass is 415 g/mol. The average molecular weight is 416 g/mol. The number of benzene rings is 2. The molecule has 26 heavy (non-hydrogen) atoms. The number of carbonyl (C=O) groups is 1. The Bertz CT molecular complexity index is 877. The van der Waals surface area contributed by atoms with Crippen molar-refractivity contribution in [2.45, 2.75) is 19.9 Å². The standard InChI is InChI=1S/C18H18BrN5O2/c1-12-3-9-16(10-4-12)26-11-17(25)20-13(2)18-21-22-23-24(18)15-7-5-14(19)6-8-15/h3-10,13H,11H2,1-2H3,(H,20,25). The highest BCUT2D eigenvalue weighted by atomic mass is 79.9. The number of aryl methyl sites for hydroxylation is 1. The summed E-state index contributed by atoms with van der Waals surface area (Å²) in [7, 11) is 0. The second kappa shape index (κ2) is 8.09. The third-order valence-corrected chi connectivity index (χ3v) is 4.25. The van der Waals surface area contributed by atoms with E-state index in [0.717, 1.165) is 15.7 Å². The van der Waals surface area contributed by atoms with Gasteiger partial charge in [0, 0.05) is 4.47 Å². The number of aromatic nitrogens is 4. The maximum absolute atomic E-state index is 12.2. The fraction of sp³-hybridized carbons (Fsp3) is 0.222. The number of halogens is 1. The third-order valence-electron chi connectivity index (χ3n) is 3.72. The smallest absolute Gasteiger partial charge is 0.258 e. The van der Waals surface area contributed by atoms with Crippen molar-refractivity contribution in [3.63, 3.8) is 0 Å². The maximum Gasteiger partial charge on any atom is 0.258 e. The molecule has 0 saturated carbocycles. The van der Waals surface area contributed by atoms with Crippen molar-refractivity contribution in [3.8, 4) is 11.4 Å². The second-order valence-electron chi connectivity index (χ2n) is 5.82. The van der Waals surface area contributed by atoms with Crippen LogP contribution in [0.25, 0.3) is 5.69 Å². The van der Waals surface area contributed by atoms with Crippen molar-refractivity contribution in [2.24, 2.45) is 0 Å². The summed E-state index contributed by atoms with van der Waals surface area (Å²) in [5.74, 6) is 0.942. The molecule has 0 spiro atoms. The number of tetrazole rings is 1. The summed E-state index contributed by atoms with van der Waals surface area (Å²) in [5.41, 5.74) is 1.94. The molecule has 1 aromatic heterocycles. The van der Waals surface area contributed by atoms with E-state index in [1.54, 1.807) is 4.68 Å². The molecule has 1 atom stereocenters. The van der Waals surface area contributed by atoms with E-state index in [2.05, 4.69) is 36.8 Å². The van der Waals surface area contributed by atoms with Crippen LogP contribution in [0.3, 0.4) is 0 Å². The molecule has 1 amide bonds. The van der Waals surface area contributed by atoms with Crippen LogP contribution in [-0.2, 0) is 4.79 Å². The van der Waals surface area contributed by atoms with Gasteiger partial charge in [0.15, 0.2) is 12.4 Å². The van der Waals surface area contributed by atoms with Gasteiger partial charge in [-0.25, -0.2) is 0 Å². The highest BCUT2D eigenvalue weighted by molar-refractivity contribution is 9.10. The lowest BCUT2D eigenvalue weighted by molar-refractivity contribution is -0.123. The van der Waals surface area contributed by atoms with Gasteiger partial charge in [0.2, 0.25) is 0 Å². The highest BCUT2D eigenvalue weighted by Gasteiger charge is 2.18. The van der Waals surface area contributed by atoms with E-state index in [9.17, 15) is 4.79 Å². The van der Waals surface area contributed by atoms with Crippen LogP contribution in [0.4, 0.5) is 0 Å². The number of hydrogen-bond acceptors (Lipinski definition) is 5. The Morgan fingerprint density at radius 1 is 1.19 bits per heavy atom. The highest BCUT2D eigenvalue weighted by Crippen LogP contribution is 2.17. The lowest BCUT2D eigenvalue weighted by Crippen LogP contribution is -2.32. The quantitative estimate of drug-likeness (QED) is 0.668. The average Bonchev–Trinajstić information content (AvgIpc) is 3.12. The number of nitrogens with one attached hydrogen (secondary N) is 1. The van der Waals surface area contributed by atoms with Gasteiger partial charge in [-0.3, -0.25) is 4.79 Å². The van der Waals surface area contributed by atoms with E-state index in [1.165, 1.54) is 0 Å². The van der Waals surface area contributed by atoms with Crippen molar-refractivity contribution in [3.05, 3.63) is 64.4 Å². The fourth-order valence-electron chi connectivity index (χ4n) is 2.36. The lowest BCUT2D eigenvalue weighted by atomic mass is 10.2. The van der Waals surface area contributed by atoms with E-state index >= 15 is 0 Å². The molecule has 134 valence electrons. The molecule has 3 aromatic rings. The van der Waals surface area contributed by atoms with Gasteiger partial charge >= 0.3 is 0 Å². The first-order chi connectivity index (χ1) is 12.5. The second-order valence-corrected chi connectivity index (χ2v) is 6.73. The molecule has 0 saturated heterocycles. The van der Waals surface area contributed by atoms with E-state index in [4.69, 9.17) is 4.74 Å². The normalized spacial score (nSPS) is 11.8. The van der Waals surface area contributed by atoms with Crippen LogP contribution in [-0.4, -0.2) is 32.7 Å². The summed E-state index contributed by atoms with van der Waals surface area (Å²) in [5, 5.41) is 14.6. The number of nitrogens with zero attached hydrogens (tertiary/aromatic N) is 4. The summed E-state index contributed by atoms with van der Waals surface area (Å²) < 4.78 is 8.05. The number of amides is 1. The van der Waals surface area contributed by atoms with Gasteiger partial charge in [0.1, 0.15) is 5.75 Å². The molecule has 3 rings (SSSR count). The van der Waals surface area contributed by atoms with Gasteiger partial charge < -0.3 is 10.1 Å². The summed E-state index contributed by atoms with van der Waals surface area (Å²) in [6, 6.07) is 14.7. The van der Waals surface area contributed by atoms with Gasteiger partial charge in [-0.15, -0.1) is 5.10 Å². The maximum atomic E-state index is 12.2. The van der Waals surface area contributed by atoms with Crippen LogP contribution in [0.2, 0.25) is 0 Å². The lowest BCUT2D eigenvalue weighted by Gasteiger charge is -2.14. The minimum Gasteiger partial charge on any atom is -0.484 e. The molecular formula is C18H18BrN5O2. The Hall–Kier alpha value is -2.74. The molecule has 1 unspecified atom stereocenters. The SMILES string of the molecule is Cc1ccc(OCC(=O)NC(C)c2nnnn2-c2ccc(Br)cc2)cc1. The zero-order valence-electron chi connectivity index (χ0n) is 14.4. The topological polar surface area (TPSA) is 81.9 Å². The van der Waals surface area contributed by atoms with Crippen molar-refractivity contribution in [1.29, 1.82) is 0 Å². The molecule has 0 aliphatic heterocycles. The van der Waals surface area contributed by atoms with Crippen molar-refractivity contribution in [2.75, 3.05) is 6.61 Å². The van der Waals surface area contributed by atoms with Crippen LogP contribution >= 0.6 is 15.9 Å². The Labute approximate surface area is 159 Å². The first-order valence-electron chi connectivity index (χ1n) is 8.06. The Balaban J connectivity index is 1.62. The van der Waals surface area contributed by atoms with Gasteiger partial charge in [-0.05, 0) is 60.7 Å². The molecule has 0 bridgehead atoms. The molecule has 1 heterocycles. The van der Waals surface area contributed by atoms with Gasteiger partial charge in [0.05, 0.1) is 11.7 Å². The van der Waals surface area contributed by atoms with Crippen LogP contribution in [0.15, 0.2) is 53.0 Å². The predicted octanol–water partition coefficient (Wildman–Crippen LogP) is 2.99. The van der Waals surface area contributed by atoms with Crippen LogP contribution in [0.5, 0.6) is 5.75 Å². The molecule has 1 N–H and O–H groups in total. The van der Waals surface area contributed by atoms with Crippen molar-refractivity contribution >= 4 is 21.8 Å². The summed E-state index contributed by atoms with van der Waals surface area (Å²) in [6.07, 6.45) is 0. The zero-order chi connectivity index (χ0) is 18.5. The summed E-state index contributed by atoms with van der Waals surface area (Å²) in [4.78, 5) is 12.2. The van der Waals surface area contributed by atoms with E-state index in [-0.39, 0.29) is 18.6 Å². The van der Waals surface area contributed by atoms with E-state index < -0.39 is 0 Å². The number of carbonyl (C=O) groups excluding carboxylic acids is 1. The largest absolute Gasteiger partial charge is 0.484 e. The predicted molar refractivity (Wildman–Crippen MR) is 100 cm³/mol. The van der Waals surface area contributed by atoms with Crippen molar-refractivity contribution < 1.29 is 9.53 Å². The number of ether oxygens (including phenoxy) is 1. The number of rotatable bonds is 6. The van der Waals surface area contributed by atoms with Crippen LogP contribution in [0.1, 0.15) is 24.4 Å². The zero-order valence-corrected chi connectivity index (χ0v) is 16.0.